The maximum Gasteiger partial charge on any atom is 0.271 e. The third kappa shape index (κ3) is 4.43. The van der Waals surface area contributed by atoms with Gasteiger partial charge in [0, 0.05) is 13.6 Å². The summed E-state index contributed by atoms with van der Waals surface area (Å²) in [5, 5.41) is 7.29. The molecule has 3 rings (SSSR count). The molecule has 0 aliphatic carbocycles. The molecule has 0 saturated carbocycles. The molecule has 1 amide bonds. The van der Waals surface area contributed by atoms with Crippen molar-refractivity contribution in [3.8, 4) is 0 Å². The first-order chi connectivity index (χ1) is 12.0. The number of piperidine rings is 1. The maximum absolute atomic E-state index is 11.7. The van der Waals surface area contributed by atoms with E-state index in [1.807, 2.05) is 20.0 Å². The van der Waals surface area contributed by atoms with Crippen molar-refractivity contribution in [2.75, 3.05) is 36.9 Å². The first-order valence-electron chi connectivity index (χ1n) is 8.32. The molecule has 0 spiro atoms. The van der Waals surface area contributed by atoms with Gasteiger partial charge in [-0.05, 0) is 56.4 Å². The maximum atomic E-state index is 11.7. The Balaban J connectivity index is 1.80. The van der Waals surface area contributed by atoms with Crippen LogP contribution in [0.25, 0.3) is 0 Å². The van der Waals surface area contributed by atoms with E-state index in [9.17, 15) is 4.79 Å². The second-order valence-electron chi connectivity index (χ2n) is 6.32. The summed E-state index contributed by atoms with van der Waals surface area (Å²) in [4.78, 5) is 22.5. The molecule has 9 heteroatoms. The average Bonchev–Trinajstić information content (AvgIpc) is 3.00. The van der Waals surface area contributed by atoms with Gasteiger partial charge in [-0.15, -0.1) is 0 Å². The van der Waals surface area contributed by atoms with E-state index < -0.39 is 5.91 Å². The van der Waals surface area contributed by atoms with Crippen molar-refractivity contribution in [3.05, 3.63) is 23.7 Å². The number of hydrogen-bond donors (Lipinski definition) is 3. The quantitative estimate of drug-likeness (QED) is 0.715. The molecule has 2 aromatic rings. The van der Waals surface area contributed by atoms with Crippen LogP contribution in [0.2, 0.25) is 0 Å². The molecule has 2 aromatic heterocycles. The zero-order chi connectivity index (χ0) is 17.8. The van der Waals surface area contributed by atoms with E-state index in [1.165, 1.54) is 11.5 Å². The molecule has 0 atom stereocenters. The molecule has 1 aliphatic heterocycles. The fourth-order valence-electron chi connectivity index (χ4n) is 2.92. The van der Waals surface area contributed by atoms with Crippen molar-refractivity contribution in [2.24, 2.45) is 11.7 Å². The molecule has 1 saturated heterocycles. The zero-order valence-corrected chi connectivity index (χ0v) is 15.3. The van der Waals surface area contributed by atoms with E-state index in [-0.39, 0.29) is 5.69 Å². The highest BCUT2D eigenvalue weighted by molar-refractivity contribution is 7.10. The highest BCUT2D eigenvalue weighted by atomic mass is 32.1. The van der Waals surface area contributed by atoms with Crippen LogP contribution in [0.1, 0.15) is 29.0 Å². The molecular weight excluding hydrogens is 338 g/mol. The second-order valence-corrected chi connectivity index (χ2v) is 7.13. The van der Waals surface area contributed by atoms with Crippen LogP contribution in [0.4, 0.5) is 16.6 Å². The number of amides is 1. The van der Waals surface area contributed by atoms with Crippen LogP contribution in [0, 0.1) is 12.8 Å². The summed E-state index contributed by atoms with van der Waals surface area (Å²) < 4.78 is 4.22. The number of hydrogen-bond acceptors (Lipinski definition) is 8. The minimum absolute atomic E-state index is 0.130. The number of nitrogens with zero attached hydrogens (tertiary/aromatic N) is 4. The molecule has 8 nitrogen and oxygen atoms in total. The number of carbonyl (C=O) groups excluding carboxylic acids is 1. The predicted molar refractivity (Wildman–Crippen MR) is 99.5 cm³/mol. The Morgan fingerprint density at radius 2 is 2.24 bits per heavy atom. The van der Waals surface area contributed by atoms with E-state index in [2.05, 4.69) is 29.9 Å². The summed E-state index contributed by atoms with van der Waals surface area (Å²) in [6.45, 7) is 4.93. The lowest BCUT2D eigenvalue weighted by Crippen LogP contribution is -2.35. The van der Waals surface area contributed by atoms with Crippen LogP contribution >= 0.6 is 11.5 Å². The number of aryl methyl sites for hydroxylation is 1. The zero-order valence-electron chi connectivity index (χ0n) is 14.5. The lowest BCUT2D eigenvalue weighted by atomic mass is 9.98. The molecule has 1 fully saturated rings. The number of nitrogens with one attached hydrogen (secondary N) is 2. The number of primary amides is 1. The fourth-order valence-corrected chi connectivity index (χ4v) is 3.58. The summed E-state index contributed by atoms with van der Waals surface area (Å²) >= 11 is 1.31. The van der Waals surface area contributed by atoms with Crippen LogP contribution in [-0.4, -0.2) is 46.9 Å². The van der Waals surface area contributed by atoms with Crippen LogP contribution in [0.3, 0.4) is 0 Å². The van der Waals surface area contributed by atoms with Crippen LogP contribution < -0.4 is 21.3 Å². The molecule has 25 heavy (non-hydrogen) atoms. The van der Waals surface area contributed by atoms with Gasteiger partial charge in [0.1, 0.15) is 10.8 Å². The topological polar surface area (TPSA) is 109 Å². The van der Waals surface area contributed by atoms with Crippen molar-refractivity contribution >= 4 is 34.1 Å². The number of rotatable bonds is 6. The Kier molecular flexibility index (Phi) is 5.44. The van der Waals surface area contributed by atoms with Gasteiger partial charge in [-0.3, -0.25) is 4.79 Å². The van der Waals surface area contributed by atoms with Gasteiger partial charge in [0.25, 0.3) is 5.91 Å². The summed E-state index contributed by atoms with van der Waals surface area (Å²) in [5.41, 5.74) is 6.47. The average molecular weight is 361 g/mol. The smallest absolute Gasteiger partial charge is 0.271 e. The minimum Gasteiger partial charge on any atom is -0.364 e. The van der Waals surface area contributed by atoms with E-state index >= 15 is 0 Å². The monoisotopic (exact) mass is 361 g/mol. The molecule has 134 valence electrons. The van der Waals surface area contributed by atoms with Crippen molar-refractivity contribution in [1.82, 2.24) is 19.7 Å². The number of anilines is 3. The highest BCUT2D eigenvalue weighted by Gasteiger charge is 2.19. The Bertz CT molecular complexity index is 742. The van der Waals surface area contributed by atoms with E-state index in [0.717, 1.165) is 43.2 Å². The Hall–Kier alpha value is -2.26. The molecule has 1 aliphatic rings. The van der Waals surface area contributed by atoms with Crippen LogP contribution in [0.5, 0.6) is 0 Å². The van der Waals surface area contributed by atoms with Gasteiger partial charge in [0.05, 0.1) is 11.9 Å². The van der Waals surface area contributed by atoms with Gasteiger partial charge in [0.2, 0.25) is 0 Å². The predicted octanol–water partition coefficient (Wildman–Crippen LogP) is 1.52. The molecule has 0 bridgehead atoms. The van der Waals surface area contributed by atoms with Gasteiger partial charge in [-0.2, -0.15) is 4.37 Å². The van der Waals surface area contributed by atoms with Crippen molar-refractivity contribution in [3.63, 3.8) is 0 Å². The van der Waals surface area contributed by atoms with Gasteiger partial charge in [-0.25, -0.2) is 9.97 Å². The number of nitrogens with two attached hydrogens (primary N) is 1. The standard InChI is InChI=1S/C16H23N7OS/c1-10-7-13(25-22-10)21-16-14(15(17)24)19-8-12(20-16)23(2)9-11-3-5-18-6-4-11/h7-8,11,18H,3-6,9H2,1-2H3,(H2,17,24)(H,20,21). The Morgan fingerprint density at radius 3 is 2.88 bits per heavy atom. The SMILES string of the molecule is Cc1cc(Nc2nc(N(C)CC3CCNCC3)cnc2C(N)=O)sn1. The van der Waals surface area contributed by atoms with Crippen molar-refractivity contribution in [2.45, 2.75) is 19.8 Å². The normalized spacial score (nSPS) is 15.1. The molecule has 0 unspecified atom stereocenters. The summed E-state index contributed by atoms with van der Waals surface area (Å²) in [6.07, 6.45) is 3.91. The van der Waals surface area contributed by atoms with Crippen molar-refractivity contribution in [1.29, 1.82) is 0 Å². The Morgan fingerprint density at radius 1 is 1.48 bits per heavy atom. The van der Waals surface area contributed by atoms with Crippen LogP contribution in [-0.2, 0) is 0 Å². The molecule has 0 radical (unpaired) electrons. The van der Waals surface area contributed by atoms with Gasteiger partial charge in [0.15, 0.2) is 11.5 Å². The van der Waals surface area contributed by atoms with Crippen LogP contribution in [0.15, 0.2) is 12.3 Å². The lowest BCUT2D eigenvalue weighted by Gasteiger charge is -2.28. The van der Waals surface area contributed by atoms with Gasteiger partial charge in [-0.1, -0.05) is 0 Å². The first-order valence-corrected chi connectivity index (χ1v) is 9.09. The van der Waals surface area contributed by atoms with Gasteiger partial charge >= 0.3 is 0 Å². The summed E-state index contributed by atoms with van der Waals surface area (Å²) in [7, 11) is 2.00. The fraction of sp³-hybridized carbons (Fsp3) is 0.500. The highest BCUT2D eigenvalue weighted by Crippen LogP contribution is 2.24. The Labute approximate surface area is 151 Å². The lowest BCUT2D eigenvalue weighted by molar-refractivity contribution is 0.0996. The van der Waals surface area contributed by atoms with Crippen molar-refractivity contribution < 1.29 is 4.79 Å². The minimum atomic E-state index is -0.608. The number of carbonyl (C=O) groups is 1. The van der Waals surface area contributed by atoms with Gasteiger partial charge < -0.3 is 21.3 Å². The summed E-state index contributed by atoms with van der Waals surface area (Å²) in [6, 6.07) is 1.89. The molecular formula is C16H23N7OS. The molecule has 0 aromatic carbocycles. The van der Waals surface area contributed by atoms with E-state index in [0.29, 0.717) is 17.6 Å². The molecule has 4 N–H and O–H groups in total. The van der Waals surface area contributed by atoms with E-state index in [4.69, 9.17) is 5.73 Å². The first kappa shape index (κ1) is 17.6. The largest absolute Gasteiger partial charge is 0.364 e. The second kappa shape index (κ2) is 7.75. The summed E-state index contributed by atoms with van der Waals surface area (Å²) in [5.74, 6) is 1.10. The number of aromatic nitrogens is 3. The molecule has 3 heterocycles. The third-order valence-electron chi connectivity index (χ3n) is 4.24. The third-order valence-corrected chi connectivity index (χ3v) is 5.04. The van der Waals surface area contributed by atoms with E-state index in [1.54, 1.807) is 6.20 Å².